The maximum atomic E-state index is 13.9. The van der Waals surface area contributed by atoms with Crippen LogP contribution in [0.25, 0.3) is 5.57 Å². The first-order chi connectivity index (χ1) is 16.0. The molecule has 0 spiro atoms. The van der Waals surface area contributed by atoms with Crippen LogP contribution in [-0.4, -0.2) is 80.0 Å². The zero-order chi connectivity index (χ0) is 23.5. The fraction of sp³-hybridized carbons (Fsp3) is 0.615. The summed E-state index contributed by atoms with van der Waals surface area (Å²) < 4.78 is 10.9. The predicted molar refractivity (Wildman–Crippen MR) is 128 cm³/mol. The zero-order valence-corrected chi connectivity index (χ0v) is 20.4. The van der Waals surface area contributed by atoms with E-state index in [0.717, 1.165) is 51.6 Å². The van der Waals surface area contributed by atoms with Crippen LogP contribution < -0.4 is 9.47 Å². The van der Waals surface area contributed by atoms with Gasteiger partial charge in [-0.2, -0.15) is 0 Å². The Kier molecular flexibility index (Phi) is 7.27. The number of likely N-dealkylation sites (N-methyl/N-ethyl adjacent to an activating group) is 1. The summed E-state index contributed by atoms with van der Waals surface area (Å²) in [5.41, 5.74) is 1.73. The fourth-order valence-electron chi connectivity index (χ4n) is 5.53. The number of methoxy groups -OCH3 is 2. The lowest BCUT2D eigenvalue weighted by molar-refractivity contribution is -0.140. The third-order valence-corrected chi connectivity index (χ3v) is 7.54. The molecule has 1 aliphatic carbocycles. The monoisotopic (exact) mass is 455 g/mol. The van der Waals surface area contributed by atoms with E-state index in [4.69, 9.17) is 9.47 Å². The summed E-state index contributed by atoms with van der Waals surface area (Å²) in [6.07, 6.45) is 8.20. The Morgan fingerprint density at radius 2 is 1.52 bits per heavy atom. The van der Waals surface area contributed by atoms with Crippen LogP contribution in [0.4, 0.5) is 0 Å². The summed E-state index contributed by atoms with van der Waals surface area (Å²) in [5, 5.41) is 0. The van der Waals surface area contributed by atoms with Crippen molar-refractivity contribution in [2.45, 2.75) is 63.5 Å². The molecule has 1 aromatic carbocycles. The lowest BCUT2D eigenvalue weighted by Gasteiger charge is -2.37. The van der Waals surface area contributed by atoms with E-state index in [1.807, 2.05) is 19.2 Å². The highest BCUT2D eigenvalue weighted by Crippen LogP contribution is 2.39. The van der Waals surface area contributed by atoms with Gasteiger partial charge in [0.2, 0.25) is 0 Å². The van der Waals surface area contributed by atoms with Crippen molar-refractivity contribution < 1.29 is 19.1 Å². The first kappa shape index (κ1) is 23.6. The van der Waals surface area contributed by atoms with Crippen LogP contribution in [0.2, 0.25) is 0 Å². The molecule has 180 valence electrons. The quantitative estimate of drug-likeness (QED) is 0.483. The minimum Gasteiger partial charge on any atom is -0.493 e. The minimum absolute atomic E-state index is 0.0222. The molecule has 4 rings (SSSR count). The van der Waals surface area contributed by atoms with Crippen LogP contribution in [-0.2, 0) is 9.59 Å². The molecule has 2 amide bonds. The normalized spacial score (nSPS) is 21.5. The van der Waals surface area contributed by atoms with Gasteiger partial charge in [-0.05, 0) is 63.5 Å². The zero-order valence-electron chi connectivity index (χ0n) is 20.4. The van der Waals surface area contributed by atoms with Gasteiger partial charge >= 0.3 is 0 Å². The van der Waals surface area contributed by atoms with Crippen molar-refractivity contribution in [3.05, 3.63) is 29.5 Å². The Morgan fingerprint density at radius 1 is 0.879 bits per heavy atom. The number of hydrogen-bond acceptors (Lipinski definition) is 6. The van der Waals surface area contributed by atoms with Gasteiger partial charge in [0.05, 0.1) is 19.8 Å². The highest BCUT2D eigenvalue weighted by Gasteiger charge is 2.45. The molecule has 2 aliphatic heterocycles. The maximum Gasteiger partial charge on any atom is 0.278 e. The number of benzene rings is 1. The summed E-state index contributed by atoms with van der Waals surface area (Å²) >= 11 is 0. The van der Waals surface area contributed by atoms with Crippen molar-refractivity contribution >= 4 is 17.4 Å². The number of carbonyl (C=O) groups excluding carboxylic acids is 2. The Bertz CT molecular complexity index is 912. The van der Waals surface area contributed by atoms with Gasteiger partial charge < -0.3 is 19.3 Å². The average Bonchev–Trinajstić information content (AvgIpc) is 2.98. The van der Waals surface area contributed by atoms with E-state index < -0.39 is 0 Å². The smallest absolute Gasteiger partial charge is 0.278 e. The molecule has 1 saturated heterocycles. The van der Waals surface area contributed by atoms with Crippen molar-refractivity contribution in [2.24, 2.45) is 0 Å². The lowest BCUT2D eigenvalue weighted by Crippen LogP contribution is -2.45. The van der Waals surface area contributed by atoms with E-state index in [0.29, 0.717) is 28.3 Å². The fourth-order valence-corrected chi connectivity index (χ4v) is 5.53. The third-order valence-electron chi connectivity index (χ3n) is 7.54. The number of imide groups is 1. The van der Waals surface area contributed by atoms with E-state index in [1.54, 1.807) is 25.2 Å². The van der Waals surface area contributed by atoms with Crippen molar-refractivity contribution in [2.75, 3.05) is 41.4 Å². The average molecular weight is 456 g/mol. The van der Waals surface area contributed by atoms with E-state index in [2.05, 4.69) is 16.8 Å². The molecule has 2 fully saturated rings. The number of rotatable bonds is 6. The molecular weight excluding hydrogens is 418 g/mol. The summed E-state index contributed by atoms with van der Waals surface area (Å²) in [7, 11) is 7.28. The molecule has 2 heterocycles. The van der Waals surface area contributed by atoms with Gasteiger partial charge in [0.1, 0.15) is 5.70 Å². The largest absolute Gasteiger partial charge is 0.493 e. The number of amides is 2. The minimum atomic E-state index is -0.172. The van der Waals surface area contributed by atoms with Crippen LogP contribution >= 0.6 is 0 Å². The number of nitrogens with zero attached hydrogens (tertiary/aromatic N) is 3. The molecule has 1 saturated carbocycles. The van der Waals surface area contributed by atoms with Crippen molar-refractivity contribution in [1.29, 1.82) is 0 Å². The van der Waals surface area contributed by atoms with Crippen molar-refractivity contribution in [3.63, 3.8) is 0 Å². The summed E-state index contributed by atoms with van der Waals surface area (Å²) in [4.78, 5) is 33.7. The van der Waals surface area contributed by atoms with Gasteiger partial charge in [-0.25, -0.2) is 0 Å². The Balaban J connectivity index is 1.76. The standard InChI is InChI=1S/C26H37N3O4/c1-27-15-13-19(14-16-27)28(2)24-23(18-11-12-21(32-3)22(17-18)33-4)25(30)29(26(24)31)20-9-7-5-6-8-10-20/h11-12,17,19-20H,5-10,13-16H2,1-4H3. The summed E-state index contributed by atoms with van der Waals surface area (Å²) in [6.45, 7) is 1.98. The van der Waals surface area contributed by atoms with Crippen molar-refractivity contribution in [1.82, 2.24) is 14.7 Å². The second kappa shape index (κ2) is 10.2. The van der Waals surface area contributed by atoms with Gasteiger partial charge in [0.15, 0.2) is 11.5 Å². The molecule has 0 unspecified atom stereocenters. The summed E-state index contributed by atoms with van der Waals surface area (Å²) in [5.74, 6) is 0.841. The molecule has 0 atom stereocenters. The molecule has 3 aliphatic rings. The third kappa shape index (κ3) is 4.60. The van der Waals surface area contributed by atoms with E-state index in [9.17, 15) is 9.59 Å². The van der Waals surface area contributed by atoms with Crippen LogP contribution in [0, 0.1) is 0 Å². The first-order valence-electron chi connectivity index (χ1n) is 12.2. The highest BCUT2D eigenvalue weighted by molar-refractivity contribution is 6.35. The molecule has 0 bridgehead atoms. The molecular formula is C26H37N3O4. The topological polar surface area (TPSA) is 62.3 Å². The molecule has 7 nitrogen and oxygen atoms in total. The van der Waals surface area contributed by atoms with Gasteiger partial charge in [-0.1, -0.05) is 31.7 Å². The Morgan fingerprint density at radius 3 is 2.12 bits per heavy atom. The summed E-state index contributed by atoms with van der Waals surface area (Å²) in [6, 6.07) is 5.70. The molecule has 0 radical (unpaired) electrons. The van der Waals surface area contributed by atoms with Crippen LogP contribution in [0.5, 0.6) is 11.5 Å². The van der Waals surface area contributed by atoms with Gasteiger partial charge in [0, 0.05) is 19.1 Å². The Hall–Kier alpha value is -2.54. The maximum absolute atomic E-state index is 13.9. The predicted octanol–water partition coefficient (Wildman–Crippen LogP) is 3.53. The second-order valence-electron chi connectivity index (χ2n) is 9.56. The lowest BCUT2D eigenvalue weighted by atomic mass is 10.00. The van der Waals surface area contributed by atoms with Gasteiger partial charge in [0.25, 0.3) is 11.8 Å². The van der Waals surface area contributed by atoms with Crippen molar-refractivity contribution in [3.8, 4) is 11.5 Å². The van der Waals surface area contributed by atoms with E-state index in [1.165, 1.54) is 12.8 Å². The van der Waals surface area contributed by atoms with Crippen LogP contribution in [0.3, 0.4) is 0 Å². The SMILES string of the molecule is COc1ccc(C2=C(N(C)C3CCN(C)CC3)C(=O)N(C3CCCCCC3)C2=O)cc1OC. The number of carbonyl (C=O) groups is 2. The first-order valence-corrected chi connectivity index (χ1v) is 12.2. The number of ether oxygens (including phenoxy) is 2. The number of likely N-dealkylation sites (tertiary alicyclic amines) is 1. The van der Waals surface area contributed by atoms with Crippen LogP contribution in [0.15, 0.2) is 23.9 Å². The van der Waals surface area contributed by atoms with Crippen LogP contribution in [0.1, 0.15) is 56.9 Å². The van der Waals surface area contributed by atoms with E-state index in [-0.39, 0.29) is 23.9 Å². The number of hydrogen-bond donors (Lipinski definition) is 0. The van der Waals surface area contributed by atoms with E-state index >= 15 is 0 Å². The molecule has 33 heavy (non-hydrogen) atoms. The molecule has 0 N–H and O–H groups in total. The number of piperidine rings is 1. The van der Waals surface area contributed by atoms with Gasteiger partial charge in [-0.15, -0.1) is 0 Å². The molecule has 0 aromatic heterocycles. The molecule has 1 aromatic rings. The highest BCUT2D eigenvalue weighted by atomic mass is 16.5. The van der Waals surface area contributed by atoms with Gasteiger partial charge in [-0.3, -0.25) is 14.5 Å². The second-order valence-corrected chi connectivity index (χ2v) is 9.56. The molecule has 7 heteroatoms. The Labute approximate surface area is 197 Å².